The van der Waals surface area contributed by atoms with Crippen LogP contribution in [-0.4, -0.2) is 17.0 Å². The molecule has 1 aromatic heterocycles. The molecule has 0 unspecified atom stereocenters. The quantitative estimate of drug-likeness (QED) is 0.874. The molecular formula is C13H15FN4. The number of halogens is 1. The SMILES string of the molecule is CNc1ncc(C)c(Nc2cc(C)ccc2F)n1. The molecular weight excluding hydrogens is 231 g/mol. The van der Waals surface area contributed by atoms with E-state index in [1.807, 2.05) is 13.8 Å². The second-order valence-electron chi connectivity index (χ2n) is 4.08. The average Bonchev–Trinajstić information content (AvgIpc) is 2.36. The lowest BCUT2D eigenvalue weighted by Crippen LogP contribution is -2.03. The Bertz CT molecular complexity index is 569. The van der Waals surface area contributed by atoms with E-state index in [0.717, 1.165) is 11.1 Å². The molecule has 18 heavy (non-hydrogen) atoms. The minimum atomic E-state index is -0.301. The van der Waals surface area contributed by atoms with Crippen LogP contribution in [0.2, 0.25) is 0 Å². The number of benzene rings is 1. The van der Waals surface area contributed by atoms with E-state index in [9.17, 15) is 4.39 Å². The van der Waals surface area contributed by atoms with Crippen molar-refractivity contribution in [2.45, 2.75) is 13.8 Å². The normalized spacial score (nSPS) is 10.2. The van der Waals surface area contributed by atoms with Gasteiger partial charge in [-0.15, -0.1) is 0 Å². The minimum Gasteiger partial charge on any atom is -0.357 e. The topological polar surface area (TPSA) is 49.8 Å². The molecule has 2 N–H and O–H groups in total. The van der Waals surface area contributed by atoms with Gasteiger partial charge in [-0.1, -0.05) is 6.07 Å². The highest BCUT2D eigenvalue weighted by Crippen LogP contribution is 2.22. The van der Waals surface area contributed by atoms with Crippen molar-refractivity contribution in [1.82, 2.24) is 9.97 Å². The van der Waals surface area contributed by atoms with Crippen molar-refractivity contribution >= 4 is 17.5 Å². The fourth-order valence-corrected chi connectivity index (χ4v) is 1.55. The van der Waals surface area contributed by atoms with Crippen LogP contribution >= 0.6 is 0 Å². The van der Waals surface area contributed by atoms with Gasteiger partial charge in [-0.2, -0.15) is 4.98 Å². The Kier molecular flexibility index (Phi) is 3.41. The van der Waals surface area contributed by atoms with Gasteiger partial charge in [0.25, 0.3) is 0 Å². The second kappa shape index (κ2) is 5.00. The van der Waals surface area contributed by atoms with Gasteiger partial charge in [-0.25, -0.2) is 9.37 Å². The summed E-state index contributed by atoms with van der Waals surface area (Å²) in [4.78, 5) is 8.34. The maximum absolute atomic E-state index is 13.6. The molecule has 0 saturated heterocycles. The number of nitrogens with one attached hydrogen (secondary N) is 2. The first-order valence-corrected chi connectivity index (χ1v) is 5.64. The largest absolute Gasteiger partial charge is 0.357 e. The summed E-state index contributed by atoms with van der Waals surface area (Å²) in [5.41, 5.74) is 2.26. The predicted octanol–water partition coefficient (Wildman–Crippen LogP) is 3.02. The molecule has 0 atom stereocenters. The van der Waals surface area contributed by atoms with E-state index in [1.54, 1.807) is 25.4 Å². The number of anilines is 3. The van der Waals surface area contributed by atoms with Crippen molar-refractivity contribution in [1.29, 1.82) is 0 Å². The van der Waals surface area contributed by atoms with Crippen molar-refractivity contribution < 1.29 is 4.39 Å². The van der Waals surface area contributed by atoms with Gasteiger partial charge in [0.05, 0.1) is 5.69 Å². The molecule has 1 aromatic carbocycles. The molecule has 0 aliphatic rings. The lowest BCUT2D eigenvalue weighted by atomic mass is 10.2. The van der Waals surface area contributed by atoms with Gasteiger partial charge >= 0.3 is 0 Å². The molecule has 0 radical (unpaired) electrons. The Hall–Kier alpha value is -2.17. The number of aromatic nitrogens is 2. The highest BCUT2D eigenvalue weighted by atomic mass is 19.1. The summed E-state index contributed by atoms with van der Waals surface area (Å²) in [7, 11) is 1.74. The summed E-state index contributed by atoms with van der Waals surface area (Å²) in [6.45, 7) is 3.78. The number of hydrogen-bond acceptors (Lipinski definition) is 4. The first-order chi connectivity index (χ1) is 8.60. The molecule has 94 valence electrons. The van der Waals surface area contributed by atoms with Crippen molar-refractivity contribution in [3.63, 3.8) is 0 Å². The third-order valence-corrected chi connectivity index (χ3v) is 2.57. The van der Waals surface area contributed by atoms with Crippen LogP contribution in [0.25, 0.3) is 0 Å². The Labute approximate surface area is 105 Å². The highest BCUT2D eigenvalue weighted by molar-refractivity contribution is 5.61. The van der Waals surface area contributed by atoms with Crippen LogP contribution in [0.15, 0.2) is 24.4 Å². The molecule has 0 spiro atoms. The van der Waals surface area contributed by atoms with Gasteiger partial charge in [0.2, 0.25) is 5.95 Å². The van der Waals surface area contributed by atoms with E-state index in [2.05, 4.69) is 20.6 Å². The van der Waals surface area contributed by atoms with Gasteiger partial charge in [0, 0.05) is 18.8 Å². The fourth-order valence-electron chi connectivity index (χ4n) is 1.55. The summed E-state index contributed by atoms with van der Waals surface area (Å²) in [5, 5.41) is 5.84. The van der Waals surface area contributed by atoms with Crippen molar-refractivity contribution in [3.8, 4) is 0 Å². The lowest BCUT2D eigenvalue weighted by Gasteiger charge is -2.11. The van der Waals surface area contributed by atoms with E-state index in [1.165, 1.54) is 6.07 Å². The summed E-state index contributed by atoms with van der Waals surface area (Å²) in [5.74, 6) is 0.791. The molecule has 2 rings (SSSR count). The number of rotatable bonds is 3. The Morgan fingerprint density at radius 2 is 2.00 bits per heavy atom. The van der Waals surface area contributed by atoms with Crippen molar-refractivity contribution in [2.24, 2.45) is 0 Å². The zero-order valence-electron chi connectivity index (χ0n) is 10.6. The van der Waals surface area contributed by atoms with Gasteiger partial charge in [0.15, 0.2) is 0 Å². The predicted molar refractivity (Wildman–Crippen MR) is 70.7 cm³/mol. The summed E-state index contributed by atoms with van der Waals surface area (Å²) in [6.07, 6.45) is 1.69. The Morgan fingerprint density at radius 3 is 2.72 bits per heavy atom. The number of aryl methyl sites for hydroxylation is 2. The molecule has 0 fully saturated rings. The Morgan fingerprint density at radius 1 is 1.22 bits per heavy atom. The first kappa shape index (κ1) is 12.3. The molecule has 0 saturated carbocycles. The molecule has 2 aromatic rings. The minimum absolute atomic E-state index is 0.301. The van der Waals surface area contributed by atoms with Crippen LogP contribution in [0.1, 0.15) is 11.1 Å². The summed E-state index contributed by atoms with van der Waals surface area (Å²) >= 11 is 0. The van der Waals surface area contributed by atoms with E-state index in [0.29, 0.717) is 17.5 Å². The van der Waals surface area contributed by atoms with E-state index in [-0.39, 0.29) is 5.82 Å². The molecule has 1 heterocycles. The number of hydrogen-bond donors (Lipinski definition) is 2. The van der Waals surface area contributed by atoms with Gasteiger partial charge in [-0.3, -0.25) is 0 Å². The van der Waals surface area contributed by atoms with Gasteiger partial charge in [0.1, 0.15) is 11.6 Å². The van der Waals surface area contributed by atoms with E-state index in [4.69, 9.17) is 0 Å². The van der Waals surface area contributed by atoms with E-state index < -0.39 is 0 Å². The molecule has 5 heteroatoms. The zero-order chi connectivity index (χ0) is 13.1. The monoisotopic (exact) mass is 246 g/mol. The first-order valence-electron chi connectivity index (χ1n) is 5.64. The van der Waals surface area contributed by atoms with Crippen LogP contribution < -0.4 is 10.6 Å². The molecule has 0 bridgehead atoms. The summed E-state index contributed by atoms with van der Waals surface area (Å²) in [6, 6.07) is 4.91. The second-order valence-corrected chi connectivity index (χ2v) is 4.08. The summed E-state index contributed by atoms with van der Waals surface area (Å²) < 4.78 is 13.6. The average molecular weight is 246 g/mol. The Balaban J connectivity index is 2.36. The third-order valence-electron chi connectivity index (χ3n) is 2.57. The smallest absolute Gasteiger partial charge is 0.224 e. The van der Waals surface area contributed by atoms with Crippen molar-refractivity contribution in [2.75, 3.05) is 17.7 Å². The van der Waals surface area contributed by atoms with Gasteiger partial charge < -0.3 is 10.6 Å². The van der Waals surface area contributed by atoms with Crippen LogP contribution in [0.5, 0.6) is 0 Å². The van der Waals surface area contributed by atoms with E-state index >= 15 is 0 Å². The third kappa shape index (κ3) is 2.56. The molecule has 0 aliphatic heterocycles. The standard InChI is InChI=1S/C13H15FN4/c1-8-4-5-10(14)11(6-8)17-12-9(2)7-16-13(15-3)18-12/h4-7H,1-3H3,(H2,15,16,17,18). The maximum atomic E-state index is 13.6. The fraction of sp³-hybridized carbons (Fsp3) is 0.231. The van der Waals surface area contributed by atoms with Crippen LogP contribution in [0, 0.1) is 19.7 Å². The number of nitrogens with zero attached hydrogens (tertiary/aromatic N) is 2. The molecule has 4 nitrogen and oxygen atoms in total. The lowest BCUT2D eigenvalue weighted by molar-refractivity contribution is 0.631. The van der Waals surface area contributed by atoms with Crippen molar-refractivity contribution in [3.05, 3.63) is 41.3 Å². The van der Waals surface area contributed by atoms with Crippen LogP contribution in [0.4, 0.5) is 21.8 Å². The maximum Gasteiger partial charge on any atom is 0.224 e. The zero-order valence-corrected chi connectivity index (χ0v) is 10.6. The van der Waals surface area contributed by atoms with Gasteiger partial charge in [-0.05, 0) is 31.5 Å². The molecule has 0 aliphatic carbocycles. The van der Waals surface area contributed by atoms with Crippen LogP contribution in [0.3, 0.4) is 0 Å². The van der Waals surface area contributed by atoms with Crippen LogP contribution in [-0.2, 0) is 0 Å². The highest BCUT2D eigenvalue weighted by Gasteiger charge is 2.07. The molecule has 0 amide bonds.